The molecule has 0 aromatic carbocycles. The Labute approximate surface area is 135 Å². The molecule has 2 aromatic rings. The van der Waals surface area contributed by atoms with Crippen molar-refractivity contribution in [3.63, 3.8) is 0 Å². The monoisotopic (exact) mass is 314 g/mol. The number of hydrogen-bond acceptors (Lipinski definition) is 4. The van der Waals surface area contributed by atoms with Crippen molar-refractivity contribution in [2.24, 2.45) is 0 Å². The van der Waals surface area contributed by atoms with E-state index >= 15 is 0 Å². The Morgan fingerprint density at radius 1 is 1.39 bits per heavy atom. The lowest BCUT2D eigenvalue weighted by Crippen LogP contribution is -2.44. The predicted octanol–water partition coefficient (Wildman–Crippen LogP) is 3.03. The second-order valence-corrected chi connectivity index (χ2v) is 5.97. The smallest absolute Gasteiger partial charge is 0.255 e. The third-order valence-electron chi connectivity index (χ3n) is 4.44. The lowest BCUT2D eigenvalue weighted by molar-refractivity contribution is 0.0573. The van der Waals surface area contributed by atoms with E-state index in [4.69, 9.17) is 4.42 Å². The molecule has 0 aliphatic carbocycles. The number of piperidine rings is 1. The molecule has 5 heteroatoms. The molecule has 122 valence electrons. The van der Waals surface area contributed by atoms with Gasteiger partial charge in [-0.2, -0.15) is 0 Å². The number of amides is 1. The summed E-state index contributed by atoms with van der Waals surface area (Å²) in [5, 5.41) is 9.22. The standard InChI is InChI=1S/C18H22N2O3/c1-13-15(7-8-16(19-13)17-6-4-12-23-17)18(22)20-10-3-2-5-14(20)9-11-21/h4,6-8,12,14,21H,2-3,5,9-11H2,1H3. The molecule has 1 aliphatic heterocycles. The van der Waals surface area contributed by atoms with E-state index in [-0.39, 0.29) is 18.6 Å². The van der Waals surface area contributed by atoms with Crippen molar-refractivity contribution >= 4 is 5.91 Å². The van der Waals surface area contributed by atoms with Crippen molar-refractivity contribution in [2.75, 3.05) is 13.2 Å². The molecule has 2 aromatic heterocycles. The summed E-state index contributed by atoms with van der Waals surface area (Å²) >= 11 is 0. The summed E-state index contributed by atoms with van der Waals surface area (Å²) in [5.74, 6) is 0.711. The van der Waals surface area contributed by atoms with Crippen LogP contribution >= 0.6 is 0 Å². The van der Waals surface area contributed by atoms with Crippen LogP contribution in [0.4, 0.5) is 0 Å². The maximum atomic E-state index is 12.9. The molecule has 0 bridgehead atoms. The number of carbonyl (C=O) groups excluding carboxylic acids is 1. The predicted molar refractivity (Wildman–Crippen MR) is 87.1 cm³/mol. The minimum absolute atomic E-state index is 0.0131. The zero-order valence-corrected chi connectivity index (χ0v) is 13.4. The van der Waals surface area contributed by atoms with Crippen LogP contribution in [0, 0.1) is 6.92 Å². The highest BCUT2D eigenvalue weighted by molar-refractivity contribution is 5.95. The van der Waals surface area contributed by atoms with Crippen LogP contribution in [-0.2, 0) is 0 Å². The molecule has 1 N–H and O–H groups in total. The molecular formula is C18H22N2O3. The average molecular weight is 314 g/mol. The van der Waals surface area contributed by atoms with E-state index in [1.54, 1.807) is 6.26 Å². The fraction of sp³-hybridized carbons (Fsp3) is 0.444. The van der Waals surface area contributed by atoms with Crippen LogP contribution in [0.5, 0.6) is 0 Å². The first-order chi connectivity index (χ1) is 11.2. The highest BCUT2D eigenvalue weighted by atomic mass is 16.3. The Kier molecular flexibility index (Phi) is 4.76. The second-order valence-electron chi connectivity index (χ2n) is 5.97. The number of furan rings is 1. The number of carbonyl (C=O) groups is 1. The Bertz CT molecular complexity index is 665. The number of aliphatic hydroxyl groups is 1. The lowest BCUT2D eigenvalue weighted by atomic mass is 9.98. The quantitative estimate of drug-likeness (QED) is 0.942. The van der Waals surface area contributed by atoms with Crippen LogP contribution in [0.3, 0.4) is 0 Å². The van der Waals surface area contributed by atoms with Gasteiger partial charge in [0.25, 0.3) is 5.91 Å². The van der Waals surface area contributed by atoms with Crippen LogP contribution < -0.4 is 0 Å². The second kappa shape index (κ2) is 6.96. The number of aromatic nitrogens is 1. The summed E-state index contributed by atoms with van der Waals surface area (Å²) in [6.07, 6.45) is 5.35. The van der Waals surface area contributed by atoms with Gasteiger partial charge in [-0.1, -0.05) is 0 Å². The molecule has 0 spiro atoms. The maximum Gasteiger partial charge on any atom is 0.255 e. The Hall–Kier alpha value is -2.14. The van der Waals surface area contributed by atoms with Gasteiger partial charge in [0, 0.05) is 19.2 Å². The lowest BCUT2D eigenvalue weighted by Gasteiger charge is -2.35. The fourth-order valence-electron chi connectivity index (χ4n) is 3.22. The minimum atomic E-state index is 0.0131. The van der Waals surface area contributed by atoms with Crippen LogP contribution in [0.25, 0.3) is 11.5 Å². The van der Waals surface area contributed by atoms with Gasteiger partial charge in [0.2, 0.25) is 0 Å². The Morgan fingerprint density at radius 2 is 2.26 bits per heavy atom. The van der Waals surface area contributed by atoms with Crippen molar-refractivity contribution in [1.29, 1.82) is 0 Å². The minimum Gasteiger partial charge on any atom is -0.463 e. The Morgan fingerprint density at radius 3 is 2.96 bits per heavy atom. The van der Waals surface area contributed by atoms with Crippen molar-refractivity contribution in [2.45, 2.75) is 38.6 Å². The zero-order chi connectivity index (χ0) is 16.2. The summed E-state index contributed by atoms with van der Waals surface area (Å²) in [4.78, 5) is 19.3. The Balaban J connectivity index is 1.84. The number of pyridine rings is 1. The van der Waals surface area contributed by atoms with Gasteiger partial charge in [-0.25, -0.2) is 4.98 Å². The highest BCUT2D eigenvalue weighted by Crippen LogP contribution is 2.24. The summed E-state index contributed by atoms with van der Waals surface area (Å²) < 4.78 is 5.35. The molecule has 5 nitrogen and oxygen atoms in total. The van der Waals surface area contributed by atoms with Crippen molar-refractivity contribution in [3.05, 3.63) is 41.8 Å². The van der Waals surface area contributed by atoms with Crippen molar-refractivity contribution in [1.82, 2.24) is 9.88 Å². The largest absolute Gasteiger partial charge is 0.463 e. The van der Waals surface area contributed by atoms with Crippen LogP contribution in [0.2, 0.25) is 0 Å². The van der Waals surface area contributed by atoms with Gasteiger partial charge in [0.05, 0.1) is 17.5 Å². The molecule has 1 saturated heterocycles. The van der Waals surface area contributed by atoms with E-state index in [1.807, 2.05) is 36.1 Å². The third kappa shape index (κ3) is 3.29. The topological polar surface area (TPSA) is 66.6 Å². The normalized spacial score (nSPS) is 18.2. The molecule has 1 atom stereocenters. The molecule has 1 unspecified atom stereocenters. The molecule has 1 amide bonds. The number of rotatable bonds is 4. The first-order valence-electron chi connectivity index (χ1n) is 8.14. The van der Waals surface area contributed by atoms with Gasteiger partial charge in [-0.15, -0.1) is 0 Å². The highest BCUT2D eigenvalue weighted by Gasteiger charge is 2.28. The number of nitrogens with zero attached hydrogens (tertiary/aromatic N) is 2. The number of likely N-dealkylation sites (tertiary alicyclic amines) is 1. The van der Waals surface area contributed by atoms with Gasteiger partial charge >= 0.3 is 0 Å². The third-order valence-corrected chi connectivity index (χ3v) is 4.44. The fourth-order valence-corrected chi connectivity index (χ4v) is 3.22. The van der Waals surface area contributed by atoms with Gasteiger partial charge < -0.3 is 14.4 Å². The molecular weight excluding hydrogens is 292 g/mol. The van der Waals surface area contributed by atoms with E-state index in [0.29, 0.717) is 23.4 Å². The van der Waals surface area contributed by atoms with E-state index in [1.165, 1.54) is 0 Å². The number of hydrogen-bond donors (Lipinski definition) is 1. The van der Waals surface area contributed by atoms with Gasteiger partial charge in [-0.05, 0) is 56.9 Å². The van der Waals surface area contributed by atoms with Crippen LogP contribution in [0.1, 0.15) is 41.7 Å². The van der Waals surface area contributed by atoms with Gasteiger partial charge in [-0.3, -0.25) is 4.79 Å². The molecule has 1 fully saturated rings. The summed E-state index contributed by atoms with van der Waals surface area (Å²) in [6.45, 7) is 2.72. The van der Waals surface area contributed by atoms with E-state index in [9.17, 15) is 9.90 Å². The first-order valence-corrected chi connectivity index (χ1v) is 8.14. The first kappa shape index (κ1) is 15.7. The summed E-state index contributed by atoms with van der Waals surface area (Å²) in [5.41, 5.74) is 2.07. The van der Waals surface area contributed by atoms with Crippen molar-refractivity contribution in [3.8, 4) is 11.5 Å². The van der Waals surface area contributed by atoms with Gasteiger partial charge in [0.1, 0.15) is 5.69 Å². The van der Waals surface area contributed by atoms with E-state index in [2.05, 4.69) is 4.98 Å². The van der Waals surface area contributed by atoms with Crippen LogP contribution in [0.15, 0.2) is 34.9 Å². The molecule has 0 saturated carbocycles. The molecule has 23 heavy (non-hydrogen) atoms. The van der Waals surface area contributed by atoms with E-state index in [0.717, 1.165) is 31.5 Å². The molecule has 1 aliphatic rings. The maximum absolute atomic E-state index is 12.9. The van der Waals surface area contributed by atoms with Gasteiger partial charge in [0.15, 0.2) is 5.76 Å². The number of aryl methyl sites for hydroxylation is 1. The van der Waals surface area contributed by atoms with E-state index < -0.39 is 0 Å². The average Bonchev–Trinajstić information content (AvgIpc) is 3.09. The summed E-state index contributed by atoms with van der Waals surface area (Å²) in [6, 6.07) is 7.45. The molecule has 3 rings (SSSR count). The van der Waals surface area contributed by atoms with Crippen molar-refractivity contribution < 1.29 is 14.3 Å². The number of aliphatic hydroxyl groups excluding tert-OH is 1. The molecule has 0 radical (unpaired) electrons. The molecule has 3 heterocycles. The van der Waals surface area contributed by atoms with Crippen LogP contribution in [-0.4, -0.2) is 40.1 Å². The zero-order valence-electron chi connectivity index (χ0n) is 13.4. The SMILES string of the molecule is Cc1nc(-c2ccco2)ccc1C(=O)N1CCCCC1CCO. The summed E-state index contributed by atoms with van der Waals surface area (Å²) in [7, 11) is 0.